The number of aliphatic imine (C=N–C) groups is 1. The lowest BCUT2D eigenvalue weighted by molar-refractivity contribution is -0.117. The van der Waals surface area contributed by atoms with Crippen molar-refractivity contribution >= 4 is 17.6 Å². The monoisotopic (exact) mass is 367 g/mol. The number of carbonyl (C=O) groups excluding carboxylic acids is 1. The van der Waals surface area contributed by atoms with Crippen molar-refractivity contribution in [3.63, 3.8) is 0 Å². The molecule has 142 valence electrons. The van der Waals surface area contributed by atoms with Crippen molar-refractivity contribution in [3.05, 3.63) is 53.7 Å². The molecule has 0 radical (unpaired) electrons. The summed E-state index contributed by atoms with van der Waals surface area (Å²) in [6.45, 7) is 2.08. The number of benzene rings is 1. The van der Waals surface area contributed by atoms with Crippen molar-refractivity contribution < 1.29 is 9.53 Å². The van der Waals surface area contributed by atoms with E-state index in [9.17, 15) is 4.79 Å². The quantitative estimate of drug-likeness (QED) is 0.604. The van der Waals surface area contributed by atoms with E-state index in [1.165, 1.54) is 0 Å². The number of nitrogens with one attached hydrogen (secondary N) is 2. The van der Waals surface area contributed by atoms with Crippen LogP contribution < -0.4 is 20.3 Å². The molecule has 0 unspecified atom stereocenters. The Kier molecular flexibility index (Phi) is 6.25. The Morgan fingerprint density at radius 2 is 1.93 bits per heavy atom. The van der Waals surface area contributed by atoms with Gasteiger partial charge in [-0.2, -0.15) is 0 Å². The lowest BCUT2D eigenvalue weighted by atomic mass is 10.2. The fraction of sp³-hybridized carbons (Fsp3) is 0.350. The van der Waals surface area contributed by atoms with E-state index in [2.05, 4.69) is 20.6 Å². The number of ether oxygens (including phenoxy) is 1. The Labute approximate surface area is 159 Å². The number of aromatic nitrogens is 1. The summed E-state index contributed by atoms with van der Waals surface area (Å²) >= 11 is 0. The normalized spacial score (nSPS) is 14.4. The molecule has 2 N–H and O–H groups in total. The maximum absolute atomic E-state index is 11.8. The number of hydrogen-bond acceptors (Lipinski definition) is 4. The van der Waals surface area contributed by atoms with Gasteiger partial charge in [-0.25, -0.2) is 4.98 Å². The van der Waals surface area contributed by atoms with Crippen LogP contribution in [0.3, 0.4) is 0 Å². The molecule has 0 atom stereocenters. The van der Waals surface area contributed by atoms with Crippen molar-refractivity contribution in [2.75, 3.05) is 25.6 Å². The zero-order valence-corrected chi connectivity index (χ0v) is 15.7. The molecule has 1 fully saturated rings. The summed E-state index contributed by atoms with van der Waals surface area (Å²) in [7, 11) is 3.34. The van der Waals surface area contributed by atoms with Crippen LogP contribution in [0.4, 0.5) is 5.69 Å². The predicted octanol–water partition coefficient (Wildman–Crippen LogP) is 2.08. The molecule has 2 aromatic rings. The van der Waals surface area contributed by atoms with E-state index in [0.29, 0.717) is 31.3 Å². The van der Waals surface area contributed by atoms with Crippen LogP contribution in [0.25, 0.3) is 0 Å². The number of guanidine groups is 1. The number of anilines is 1. The van der Waals surface area contributed by atoms with Gasteiger partial charge in [0.15, 0.2) is 5.96 Å². The molecule has 7 heteroatoms. The van der Waals surface area contributed by atoms with Gasteiger partial charge in [0.25, 0.3) is 0 Å². The van der Waals surface area contributed by atoms with Crippen LogP contribution in [0.2, 0.25) is 0 Å². The van der Waals surface area contributed by atoms with Gasteiger partial charge in [0.05, 0.1) is 7.11 Å². The fourth-order valence-electron chi connectivity index (χ4n) is 2.98. The van der Waals surface area contributed by atoms with Gasteiger partial charge < -0.3 is 20.3 Å². The van der Waals surface area contributed by atoms with Crippen LogP contribution in [-0.4, -0.2) is 37.6 Å². The molecule has 1 amide bonds. The highest BCUT2D eigenvalue weighted by atomic mass is 16.5. The molecule has 1 aromatic carbocycles. The van der Waals surface area contributed by atoms with E-state index < -0.39 is 0 Å². The van der Waals surface area contributed by atoms with Crippen molar-refractivity contribution in [2.45, 2.75) is 25.9 Å². The van der Waals surface area contributed by atoms with E-state index in [4.69, 9.17) is 4.74 Å². The van der Waals surface area contributed by atoms with E-state index in [-0.39, 0.29) is 5.91 Å². The molecule has 3 rings (SSSR count). The number of hydrogen-bond donors (Lipinski definition) is 2. The Bertz CT molecular complexity index is 804. The average molecular weight is 367 g/mol. The summed E-state index contributed by atoms with van der Waals surface area (Å²) in [5.41, 5.74) is 3.15. The summed E-state index contributed by atoms with van der Waals surface area (Å²) in [4.78, 5) is 22.0. The molecular weight excluding hydrogens is 342 g/mol. The minimum atomic E-state index is 0.207. The molecule has 0 aliphatic carbocycles. The zero-order chi connectivity index (χ0) is 19.1. The lowest BCUT2D eigenvalue weighted by Crippen LogP contribution is -2.36. The van der Waals surface area contributed by atoms with Crippen LogP contribution in [0.1, 0.15) is 24.0 Å². The number of pyridine rings is 1. The third-order valence-corrected chi connectivity index (χ3v) is 4.47. The summed E-state index contributed by atoms with van der Waals surface area (Å²) < 4.78 is 5.14. The second kappa shape index (κ2) is 9.02. The predicted molar refractivity (Wildman–Crippen MR) is 106 cm³/mol. The first-order chi connectivity index (χ1) is 13.2. The van der Waals surface area contributed by atoms with Crippen molar-refractivity contribution in [2.24, 2.45) is 4.99 Å². The number of rotatable bonds is 6. The first-order valence-electron chi connectivity index (χ1n) is 9.02. The second-order valence-corrected chi connectivity index (χ2v) is 6.30. The zero-order valence-electron chi connectivity index (χ0n) is 15.7. The van der Waals surface area contributed by atoms with Crippen molar-refractivity contribution in [3.8, 4) is 5.88 Å². The molecule has 1 aliphatic heterocycles. The summed E-state index contributed by atoms with van der Waals surface area (Å²) in [6.07, 6.45) is 3.31. The molecule has 2 heterocycles. The average Bonchev–Trinajstić information content (AvgIpc) is 3.14. The van der Waals surface area contributed by atoms with Gasteiger partial charge in [0, 0.05) is 51.1 Å². The first kappa shape index (κ1) is 18.7. The third-order valence-electron chi connectivity index (χ3n) is 4.47. The highest BCUT2D eigenvalue weighted by Gasteiger charge is 2.21. The van der Waals surface area contributed by atoms with Gasteiger partial charge in [-0.3, -0.25) is 9.79 Å². The number of nitrogens with zero attached hydrogens (tertiary/aromatic N) is 3. The molecule has 1 aliphatic rings. The fourth-order valence-corrected chi connectivity index (χ4v) is 2.98. The highest BCUT2D eigenvalue weighted by Crippen LogP contribution is 2.21. The van der Waals surface area contributed by atoms with Gasteiger partial charge >= 0.3 is 0 Å². The van der Waals surface area contributed by atoms with Crippen LogP contribution >= 0.6 is 0 Å². The van der Waals surface area contributed by atoms with Crippen LogP contribution in [-0.2, 0) is 17.9 Å². The van der Waals surface area contributed by atoms with Crippen molar-refractivity contribution in [1.82, 2.24) is 15.6 Å². The second-order valence-electron chi connectivity index (χ2n) is 6.30. The van der Waals surface area contributed by atoms with Gasteiger partial charge in [0.1, 0.15) is 0 Å². The molecule has 0 bridgehead atoms. The molecule has 1 aromatic heterocycles. The maximum Gasteiger partial charge on any atom is 0.227 e. The van der Waals surface area contributed by atoms with Crippen LogP contribution in [0.5, 0.6) is 5.88 Å². The largest absolute Gasteiger partial charge is 0.481 e. The maximum atomic E-state index is 11.8. The summed E-state index contributed by atoms with van der Waals surface area (Å²) in [5, 5.41) is 6.57. The molecule has 0 spiro atoms. The van der Waals surface area contributed by atoms with E-state index in [0.717, 1.165) is 29.8 Å². The Morgan fingerprint density at radius 1 is 1.19 bits per heavy atom. The van der Waals surface area contributed by atoms with Gasteiger partial charge in [-0.15, -0.1) is 0 Å². The highest BCUT2D eigenvalue weighted by molar-refractivity contribution is 5.95. The van der Waals surface area contributed by atoms with Gasteiger partial charge in [-0.05, 0) is 35.7 Å². The van der Waals surface area contributed by atoms with Crippen molar-refractivity contribution in [1.29, 1.82) is 0 Å². The summed E-state index contributed by atoms with van der Waals surface area (Å²) in [5.74, 6) is 1.51. The smallest absolute Gasteiger partial charge is 0.227 e. The minimum absolute atomic E-state index is 0.207. The first-order valence-corrected chi connectivity index (χ1v) is 9.02. The molecule has 27 heavy (non-hydrogen) atoms. The molecule has 0 saturated carbocycles. The Balaban J connectivity index is 1.51. The SMILES string of the molecule is CN=C(NCc1ccc(N2CCCC2=O)cc1)NCc1ccnc(OC)c1. The van der Waals surface area contributed by atoms with E-state index >= 15 is 0 Å². The molecular formula is C20H25N5O2. The van der Waals surface area contributed by atoms with Crippen LogP contribution in [0.15, 0.2) is 47.6 Å². The van der Waals surface area contributed by atoms with Crippen LogP contribution in [0, 0.1) is 0 Å². The number of methoxy groups -OCH3 is 1. The standard InChI is InChI=1S/C20H25N5O2/c1-21-20(24-14-16-9-10-22-18(12-16)27-2)23-13-15-5-7-17(8-6-15)25-11-3-4-19(25)26/h5-10,12H,3-4,11,13-14H2,1-2H3,(H2,21,23,24). The molecule has 7 nitrogen and oxygen atoms in total. The number of carbonyl (C=O) groups is 1. The lowest BCUT2D eigenvalue weighted by Gasteiger charge is -2.16. The van der Waals surface area contributed by atoms with Gasteiger partial charge in [0.2, 0.25) is 11.8 Å². The summed E-state index contributed by atoms with van der Waals surface area (Å²) in [6, 6.07) is 11.9. The van der Waals surface area contributed by atoms with E-state index in [1.807, 2.05) is 41.3 Å². The van der Waals surface area contributed by atoms with Gasteiger partial charge in [-0.1, -0.05) is 12.1 Å². The minimum Gasteiger partial charge on any atom is -0.481 e. The Hall–Kier alpha value is -3.09. The van der Waals surface area contributed by atoms with E-state index in [1.54, 1.807) is 20.4 Å². The molecule has 1 saturated heterocycles. The number of amides is 1. The topological polar surface area (TPSA) is 78.9 Å². The Morgan fingerprint density at radius 3 is 2.56 bits per heavy atom. The third kappa shape index (κ3) is 4.97.